The molecule has 0 saturated heterocycles. The first-order valence-corrected chi connectivity index (χ1v) is 12.0. The van der Waals surface area contributed by atoms with Crippen molar-refractivity contribution in [2.75, 3.05) is 6.54 Å². The van der Waals surface area contributed by atoms with E-state index in [-0.39, 0.29) is 12.8 Å². The number of carboxylic acids is 3. The van der Waals surface area contributed by atoms with Crippen LogP contribution in [0.1, 0.15) is 44.1 Å². The molecule has 0 bridgehead atoms. The molecule has 38 heavy (non-hydrogen) atoms. The standard InChI is InChI=1S/C24H35N5O9/c25-11-5-4-8-15(26)21(34)28-18(13-20(32)33)23(36)29-17(12-14-6-2-1-3-7-14)22(35)27-16(24(37)38)9-10-19(30)31/h1-3,6-7,15-18H,4-5,8-13,25-26H2,(H,27,35)(H,28,34)(H,29,36)(H,30,31)(H,32,33)(H,37,38). The molecule has 1 aromatic rings. The molecule has 3 amide bonds. The lowest BCUT2D eigenvalue weighted by Crippen LogP contribution is -2.58. The topological polar surface area (TPSA) is 251 Å². The van der Waals surface area contributed by atoms with E-state index in [0.717, 1.165) is 0 Å². The summed E-state index contributed by atoms with van der Waals surface area (Å²) in [6.45, 7) is 0.405. The summed E-state index contributed by atoms with van der Waals surface area (Å²) in [5.41, 5.74) is 11.8. The van der Waals surface area contributed by atoms with Gasteiger partial charge in [-0.25, -0.2) is 4.79 Å². The number of carbonyl (C=O) groups excluding carboxylic acids is 3. The number of rotatable bonds is 18. The van der Waals surface area contributed by atoms with E-state index in [1.807, 2.05) is 0 Å². The molecule has 1 aromatic carbocycles. The first-order valence-electron chi connectivity index (χ1n) is 12.0. The van der Waals surface area contributed by atoms with Gasteiger partial charge in [-0.15, -0.1) is 0 Å². The molecular weight excluding hydrogens is 502 g/mol. The molecule has 10 N–H and O–H groups in total. The summed E-state index contributed by atoms with van der Waals surface area (Å²) in [6, 6.07) is 2.88. The van der Waals surface area contributed by atoms with Crippen LogP contribution < -0.4 is 27.4 Å². The van der Waals surface area contributed by atoms with Gasteiger partial charge < -0.3 is 42.7 Å². The second kappa shape index (κ2) is 16.7. The predicted molar refractivity (Wildman–Crippen MR) is 134 cm³/mol. The van der Waals surface area contributed by atoms with Gasteiger partial charge >= 0.3 is 17.9 Å². The molecule has 0 heterocycles. The highest BCUT2D eigenvalue weighted by Gasteiger charge is 2.31. The van der Waals surface area contributed by atoms with Crippen LogP contribution in [-0.4, -0.2) is 81.7 Å². The van der Waals surface area contributed by atoms with Crippen LogP contribution >= 0.6 is 0 Å². The van der Waals surface area contributed by atoms with E-state index in [0.29, 0.717) is 24.9 Å². The van der Waals surface area contributed by atoms with Crippen LogP contribution in [0.3, 0.4) is 0 Å². The van der Waals surface area contributed by atoms with Gasteiger partial charge in [0, 0.05) is 12.8 Å². The Labute approximate surface area is 219 Å². The highest BCUT2D eigenvalue weighted by Crippen LogP contribution is 2.07. The number of amides is 3. The monoisotopic (exact) mass is 537 g/mol. The zero-order valence-electron chi connectivity index (χ0n) is 20.8. The Morgan fingerprint density at radius 2 is 1.32 bits per heavy atom. The van der Waals surface area contributed by atoms with Crippen molar-refractivity contribution in [3.63, 3.8) is 0 Å². The predicted octanol–water partition coefficient (Wildman–Crippen LogP) is -1.44. The smallest absolute Gasteiger partial charge is 0.326 e. The summed E-state index contributed by atoms with van der Waals surface area (Å²) >= 11 is 0. The zero-order valence-corrected chi connectivity index (χ0v) is 20.8. The first kappa shape index (κ1) is 32.0. The fourth-order valence-electron chi connectivity index (χ4n) is 3.43. The van der Waals surface area contributed by atoms with Crippen LogP contribution in [0.15, 0.2) is 30.3 Å². The number of benzene rings is 1. The third-order valence-corrected chi connectivity index (χ3v) is 5.49. The molecule has 210 valence electrons. The lowest BCUT2D eigenvalue weighted by molar-refractivity contribution is -0.144. The van der Waals surface area contributed by atoms with Crippen LogP contribution in [0, 0.1) is 0 Å². The summed E-state index contributed by atoms with van der Waals surface area (Å²) in [5, 5.41) is 34.4. The van der Waals surface area contributed by atoms with Crippen molar-refractivity contribution in [2.24, 2.45) is 11.5 Å². The van der Waals surface area contributed by atoms with E-state index in [1.165, 1.54) is 0 Å². The molecular formula is C24H35N5O9. The molecule has 14 heteroatoms. The minimum Gasteiger partial charge on any atom is -0.481 e. The van der Waals surface area contributed by atoms with E-state index < -0.39 is 79.1 Å². The van der Waals surface area contributed by atoms with E-state index in [9.17, 15) is 39.0 Å². The summed E-state index contributed by atoms with van der Waals surface area (Å²) in [6.07, 6.45) is -0.393. The van der Waals surface area contributed by atoms with Gasteiger partial charge in [-0.1, -0.05) is 36.8 Å². The Morgan fingerprint density at radius 1 is 0.737 bits per heavy atom. The summed E-state index contributed by atoms with van der Waals surface area (Å²) in [4.78, 5) is 72.2. The van der Waals surface area contributed by atoms with Crippen molar-refractivity contribution < 1.29 is 44.1 Å². The Balaban J connectivity index is 3.08. The molecule has 0 aromatic heterocycles. The maximum Gasteiger partial charge on any atom is 0.326 e. The zero-order chi connectivity index (χ0) is 28.7. The van der Waals surface area contributed by atoms with Crippen LogP contribution in [0.4, 0.5) is 0 Å². The average molecular weight is 538 g/mol. The molecule has 0 fully saturated rings. The van der Waals surface area contributed by atoms with Crippen LogP contribution in [0.2, 0.25) is 0 Å². The SMILES string of the molecule is NCCCCC(N)C(=O)NC(CC(=O)O)C(=O)NC(Cc1ccccc1)C(=O)NC(CCC(=O)O)C(=O)O. The van der Waals surface area contributed by atoms with Gasteiger partial charge in [-0.3, -0.25) is 24.0 Å². The number of carboxylic acid groups (broad SMARTS) is 3. The number of unbranched alkanes of at least 4 members (excludes halogenated alkanes) is 1. The highest BCUT2D eigenvalue weighted by molar-refractivity contribution is 5.95. The Morgan fingerprint density at radius 3 is 1.87 bits per heavy atom. The summed E-state index contributed by atoms with van der Waals surface area (Å²) in [7, 11) is 0. The fourth-order valence-corrected chi connectivity index (χ4v) is 3.43. The van der Waals surface area contributed by atoms with Gasteiger partial charge in [-0.2, -0.15) is 0 Å². The van der Waals surface area contributed by atoms with Crippen molar-refractivity contribution in [1.82, 2.24) is 16.0 Å². The first-order chi connectivity index (χ1) is 17.9. The van der Waals surface area contributed by atoms with Crippen molar-refractivity contribution in [1.29, 1.82) is 0 Å². The molecule has 0 aliphatic carbocycles. The van der Waals surface area contributed by atoms with E-state index in [2.05, 4.69) is 16.0 Å². The quantitative estimate of drug-likeness (QED) is 0.101. The number of nitrogens with two attached hydrogens (primary N) is 2. The largest absolute Gasteiger partial charge is 0.481 e. The third-order valence-electron chi connectivity index (χ3n) is 5.49. The van der Waals surface area contributed by atoms with Gasteiger partial charge in [-0.05, 0) is 31.4 Å². The molecule has 0 aliphatic rings. The van der Waals surface area contributed by atoms with Crippen LogP contribution in [0.25, 0.3) is 0 Å². The molecule has 1 rings (SSSR count). The summed E-state index contributed by atoms with van der Waals surface area (Å²) in [5.74, 6) is -6.81. The maximum atomic E-state index is 13.0. The van der Waals surface area contributed by atoms with Crippen molar-refractivity contribution in [3.05, 3.63) is 35.9 Å². The Kier molecular flexibility index (Phi) is 14.0. The average Bonchev–Trinajstić information content (AvgIpc) is 2.85. The normalized spacial score (nSPS) is 13.8. The number of hydrogen-bond acceptors (Lipinski definition) is 8. The molecule has 4 unspecified atom stereocenters. The van der Waals surface area contributed by atoms with Crippen LogP contribution in [-0.2, 0) is 35.2 Å². The number of hydrogen-bond donors (Lipinski definition) is 8. The van der Waals surface area contributed by atoms with E-state index in [1.54, 1.807) is 30.3 Å². The second-order valence-electron chi connectivity index (χ2n) is 8.63. The van der Waals surface area contributed by atoms with Gasteiger partial charge in [0.2, 0.25) is 17.7 Å². The second-order valence-corrected chi connectivity index (χ2v) is 8.63. The van der Waals surface area contributed by atoms with E-state index >= 15 is 0 Å². The van der Waals surface area contributed by atoms with Gasteiger partial charge in [0.25, 0.3) is 0 Å². The lowest BCUT2D eigenvalue weighted by atomic mass is 10.0. The minimum absolute atomic E-state index is 0.101. The summed E-state index contributed by atoms with van der Waals surface area (Å²) < 4.78 is 0. The van der Waals surface area contributed by atoms with Gasteiger partial charge in [0.05, 0.1) is 12.5 Å². The molecule has 0 aliphatic heterocycles. The number of carbonyl (C=O) groups is 6. The molecule has 0 spiro atoms. The number of aliphatic carboxylic acids is 3. The Hall–Kier alpha value is -4.04. The molecule has 4 atom stereocenters. The molecule has 0 radical (unpaired) electrons. The molecule has 14 nitrogen and oxygen atoms in total. The highest BCUT2D eigenvalue weighted by atomic mass is 16.4. The van der Waals surface area contributed by atoms with Crippen molar-refractivity contribution >= 4 is 35.6 Å². The number of nitrogens with one attached hydrogen (secondary N) is 3. The molecule has 0 saturated carbocycles. The Bertz CT molecular complexity index is 973. The van der Waals surface area contributed by atoms with E-state index in [4.69, 9.17) is 16.6 Å². The fraction of sp³-hybridized carbons (Fsp3) is 0.500. The van der Waals surface area contributed by atoms with Gasteiger partial charge in [0.15, 0.2) is 0 Å². The minimum atomic E-state index is -1.58. The van der Waals surface area contributed by atoms with Gasteiger partial charge in [0.1, 0.15) is 18.1 Å². The lowest BCUT2D eigenvalue weighted by Gasteiger charge is -2.25. The maximum absolute atomic E-state index is 13.0. The third kappa shape index (κ3) is 12.3. The van der Waals surface area contributed by atoms with Crippen molar-refractivity contribution in [2.45, 2.75) is 69.1 Å². The van der Waals surface area contributed by atoms with Crippen molar-refractivity contribution in [3.8, 4) is 0 Å². The van der Waals surface area contributed by atoms with Crippen LogP contribution in [0.5, 0.6) is 0 Å².